The summed E-state index contributed by atoms with van der Waals surface area (Å²) in [6.45, 7) is 2.74. The maximum Gasteiger partial charge on any atom is 0.254 e. The maximum atomic E-state index is 12.3. The number of amides is 1. The van der Waals surface area contributed by atoms with Gasteiger partial charge in [-0.15, -0.1) is 0 Å². The SMILES string of the molecule is C[C@H]1C[C@H](N)CCN1C(=O)c1ccc(C#N)cc1. The Hall–Kier alpha value is -1.86. The zero-order chi connectivity index (χ0) is 13.1. The number of nitriles is 1. The van der Waals surface area contributed by atoms with E-state index in [9.17, 15) is 4.79 Å². The second-order valence-corrected chi connectivity index (χ2v) is 4.82. The molecule has 2 atom stereocenters. The van der Waals surface area contributed by atoms with Gasteiger partial charge in [-0.05, 0) is 44.0 Å². The summed E-state index contributed by atoms with van der Waals surface area (Å²) in [4.78, 5) is 14.2. The third-order valence-corrected chi connectivity index (χ3v) is 3.44. The van der Waals surface area contributed by atoms with Gasteiger partial charge in [-0.25, -0.2) is 0 Å². The summed E-state index contributed by atoms with van der Waals surface area (Å²) in [6.07, 6.45) is 1.70. The van der Waals surface area contributed by atoms with E-state index in [1.807, 2.05) is 17.9 Å². The smallest absolute Gasteiger partial charge is 0.254 e. The fraction of sp³-hybridized carbons (Fsp3) is 0.429. The molecule has 0 spiro atoms. The highest BCUT2D eigenvalue weighted by Gasteiger charge is 2.27. The van der Waals surface area contributed by atoms with Gasteiger partial charge >= 0.3 is 0 Å². The molecular weight excluding hydrogens is 226 g/mol. The first kappa shape index (κ1) is 12.6. The molecule has 1 aliphatic heterocycles. The van der Waals surface area contributed by atoms with Crippen molar-refractivity contribution in [1.82, 2.24) is 4.90 Å². The lowest BCUT2D eigenvalue weighted by Crippen LogP contribution is -2.48. The number of nitrogens with two attached hydrogens (primary N) is 1. The number of rotatable bonds is 1. The molecule has 1 aliphatic rings. The van der Waals surface area contributed by atoms with Crippen LogP contribution in [0.2, 0.25) is 0 Å². The second-order valence-electron chi connectivity index (χ2n) is 4.82. The molecule has 4 nitrogen and oxygen atoms in total. The Labute approximate surface area is 107 Å². The van der Waals surface area contributed by atoms with Crippen molar-refractivity contribution in [2.45, 2.75) is 31.8 Å². The lowest BCUT2D eigenvalue weighted by atomic mass is 9.98. The molecule has 0 aromatic heterocycles. The van der Waals surface area contributed by atoms with E-state index in [2.05, 4.69) is 0 Å². The average molecular weight is 243 g/mol. The molecule has 1 saturated heterocycles. The minimum atomic E-state index is 0.0267. The fourth-order valence-corrected chi connectivity index (χ4v) is 2.36. The fourth-order valence-electron chi connectivity index (χ4n) is 2.36. The Kier molecular flexibility index (Phi) is 3.63. The summed E-state index contributed by atoms with van der Waals surface area (Å²) in [6, 6.07) is 9.19. The summed E-state index contributed by atoms with van der Waals surface area (Å²) in [5.41, 5.74) is 7.10. The number of hydrogen-bond acceptors (Lipinski definition) is 3. The van der Waals surface area contributed by atoms with Crippen LogP contribution in [0.5, 0.6) is 0 Å². The topological polar surface area (TPSA) is 70.1 Å². The quantitative estimate of drug-likeness (QED) is 0.812. The number of nitrogens with zero attached hydrogens (tertiary/aromatic N) is 2. The first-order valence-corrected chi connectivity index (χ1v) is 6.18. The van der Waals surface area contributed by atoms with Crippen molar-refractivity contribution >= 4 is 5.91 Å². The van der Waals surface area contributed by atoms with Gasteiger partial charge in [0.2, 0.25) is 0 Å². The van der Waals surface area contributed by atoms with Crippen molar-refractivity contribution in [3.8, 4) is 6.07 Å². The van der Waals surface area contributed by atoms with Crippen LogP contribution in [-0.4, -0.2) is 29.4 Å². The van der Waals surface area contributed by atoms with Crippen molar-refractivity contribution in [2.24, 2.45) is 5.73 Å². The summed E-state index contributed by atoms with van der Waals surface area (Å²) in [5, 5.41) is 8.73. The third kappa shape index (κ3) is 2.52. The number of carbonyl (C=O) groups excluding carboxylic acids is 1. The molecule has 0 unspecified atom stereocenters. The van der Waals surface area contributed by atoms with Crippen LogP contribution in [0.4, 0.5) is 0 Å². The minimum absolute atomic E-state index is 0.0267. The molecule has 2 rings (SSSR count). The van der Waals surface area contributed by atoms with E-state index in [0.29, 0.717) is 17.7 Å². The molecule has 1 fully saturated rings. The summed E-state index contributed by atoms with van der Waals surface area (Å²) >= 11 is 0. The molecule has 0 bridgehead atoms. The van der Waals surface area contributed by atoms with Crippen LogP contribution in [0.1, 0.15) is 35.7 Å². The van der Waals surface area contributed by atoms with E-state index < -0.39 is 0 Å². The van der Waals surface area contributed by atoms with Crippen molar-refractivity contribution < 1.29 is 4.79 Å². The van der Waals surface area contributed by atoms with Crippen LogP contribution in [0.15, 0.2) is 24.3 Å². The van der Waals surface area contributed by atoms with Gasteiger partial charge in [0, 0.05) is 24.2 Å². The standard InChI is InChI=1S/C14H17N3O/c1-10-8-13(16)6-7-17(10)14(18)12-4-2-11(9-15)3-5-12/h2-5,10,13H,6-8,16H2,1H3/t10-,13+/m0/s1. The molecule has 94 valence electrons. The van der Waals surface area contributed by atoms with Gasteiger partial charge in [0.05, 0.1) is 11.6 Å². The van der Waals surface area contributed by atoms with Crippen LogP contribution < -0.4 is 5.73 Å². The number of piperidine rings is 1. The van der Waals surface area contributed by atoms with E-state index in [-0.39, 0.29) is 18.0 Å². The van der Waals surface area contributed by atoms with Crippen LogP contribution in [-0.2, 0) is 0 Å². The van der Waals surface area contributed by atoms with Crippen LogP contribution in [0.25, 0.3) is 0 Å². The minimum Gasteiger partial charge on any atom is -0.336 e. The predicted molar refractivity (Wildman–Crippen MR) is 68.9 cm³/mol. The van der Waals surface area contributed by atoms with Crippen molar-refractivity contribution in [3.63, 3.8) is 0 Å². The normalized spacial score (nSPS) is 23.5. The van der Waals surface area contributed by atoms with Crippen molar-refractivity contribution in [2.75, 3.05) is 6.54 Å². The monoisotopic (exact) mass is 243 g/mol. The number of carbonyl (C=O) groups is 1. The molecule has 0 radical (unpaired) electrons. The van der Waals surface area contributed by atoms with Crippen LogP contribution in [0, 0.1) is 11.3 Å². The molecule has 0 saturated carbocycles. The molecule has 1 amide bonds. The lowest BCUT2D eigenvalue weighted by molar-refractivity contribution is 0.0619. The summed E-state index contributed by atoms with van der Waals surface area (Å²) < 4.78 is 0. The largest absolute Gasteiger partial charge is 0.336 e. The molecule has 2 N–H and O–H groups in total. The summed E-state index contributed by atoms with van der Waals surface area (Å²) in [7, 11) is 0. The Morgan fingerprint density at radius 1 is 1.44 bits per heavy atom. The molecule has 1 aromatic rings. The first-order chi connectivity index (χ1) is 8.61. The van der Waals surface area contributed by atoms with Gasteiger partial charge in [0.25, 0.3) is 5.91 Å². The van der Waals surface area contributed by atoms with E-state index in [1.165, 1.54) is 0 Å². The van der Waals surface area contributed by atoms with E-state index in [0.717, 1.165) is 12.8 Å². The molecule has 18 heavy (non-hydrogen) atoms. The highest BCUT2D eigenvalue weighted by Crippen LogP contribution is 2.19. The van der Waals surface area contributed by atoms with Gasteiger partial charge in [-0.1, -0.05) is 0 Å². The molecule has 1 heterocycles. The van der Waals surface area contributed by atoms with Gasteiger partial charge in [-0.2, -0.15) is 5.26 Å². The average Bonchev–Trinajstić information content (AvgIpc) is 2.38. The summed E-state index contributed by atoms with van der Waals surface area (Å²) in [5.74, 6) is 0.0267. The second kappa shape index (κ2) is 5.19. The third-order valence-electron chi connectivity index (χ3n) is 3.44. The van der Waals surface area contributed by atoms with Gasteiger partial charge in [0.1, 0.15) is 0 Å². The van der Waals surface area contributed by atoms with E-state index in [1.54, 1.807) is 24.3 Å². The van der Waals surface area contributed by atoms with Gasteiger partial charge in [-0.3, -0.25) is 4.79 Å². The zero-order valence-electron chi connectivity index (χ0n) is 10.5. The lowest BCUT2D eigenvalue weighted by Gasteiger charge is -2.36. The number of hydrogen-bond donors (Lipinski definition) is 1. The Bertz CT molecular complexity index is 475. The molecule has 0 aliphatic carbocycles. The Morgan fingerprint density at radius 3 is 2.67 bits per heavy atom. The highest BCUT2D eigenvalue weighted by atomic mass is 16.2. The maximum absolute atomic E-state index is 12.3. The van der Waals surface area contributed by atoms with Crippen molar-refractivity contribution in [1.29, 1.82) is 5.26 Å². The van der Waals surface area contributed by atoms with Gasteiger partial charge < -0.3 is 10.6 Å². The molecule has 1 aromatic carbocycles. The van der Waals surface area contributed by atoms with E-state index in [4.69, 9.17) is 11.0 Å². The predicted octanol–water partition coefficient (Wildman–Crippen LogP) is 1.51. The van der Waals surface area contributed by atoms with Crippen molar-refractivity contribution in [3.05, 3.63) is 35.4 Å². The number of likely N-dealkylation sites (tertiary alicyclic amines) is 1. The Balaban J connectivity index is 2.13. The molecular formula is C14H17N3O. The highest BCUT2D eigenvalue weighted by molar-refractivity contribution is 5.94. The Morgan fingerprint density at radius 2 is 2.11 bits per heavy atom. The van der Waals surface area contributed by atoms with Gasteiger partial charge in [0.15, 0.2) is 0 Å². The molecule has 4 heteroatoms. The zero-order valence-corrected chi connectivity index (χ0v) is 10.5. The number of benzene rings is 1. The van der Waals surface area contributed by atoms with Crippen LogP contribution in [0.3, 0.4) is 0 Å². The van der Waals surface area contributed by atoms with E-state index >= 15 is 0 Å². The van der Waals surface area contributed by atoms with Crippen LogP contribution >= 0.6 is 0 Å². The first-order valence-electron chi connectivity index (χ1n) is 6.18.